The largest absolute Gasteiger partial charge is 0.376 e. The maximum Gasteiger partial charge on any atom is 0.141 e. The molecule has 6 aromatic carbocycles. The third-order valence-corrected chi connectivity index (χ3v) is 9.30. The second kappa shape index (κ2) is 8.63. The fraction of sp³-hybridized carbons (Fsp3) is 0.158. The van der Waals surface area contributed by atoms with Gasteiger partial charge in [0.1, 0.15) is 11.2 Å². The van der Waals surface area contributed by atoms with Gasteiger partial charge >= 0.3 is 0 Å². The van der Waals surface area contributed by atoms with Gasteiger partial charge in [-0.05, 0) is 104 Å². The van der Waals surface area contributed by atoms with Gasteiger partial charge in [-0.3, -0.25) is 0 Å². The number of hydrogen-bond donors (Lipinski definition) is 2. The van der Waals surface area contributed by atoms with Crippen molar-refractivity contribution in [2.75, 3.05) is 0 Å². The van der Waals surface area contributed by atoms with Crippen molar-refractivity contribution < 1.29 is 10.2 Å². The zero-order valence-corrected chi connectivity index (χ0v) is 22.3. The molecule has 0 saturated carbocycles. The Labute approximate surface area is 234 Å². The second-order valence-corrected chi connectivity index (χ2v) is 11.5. The Hall–Kier alpha value is -4.24. The number of benzene rings is 6. The molecule has 2 nitrogen and oxygen atoms in total. The van der Waals surface area contributed by atoms with Crippen molar-refractivity contribution >= 4 is 21.5 Å². The van der Waals surface area contributed by atoms with E-state index in [1.807, 2.05) is 60.7 Å². The summed E-state index contributed by atoms with van der Waals surface area (Å²) in [6, 6.07) is 41.3. The van der Waals surface area contributed by atoms with Crippen LogP contribution in [0.3, 0.4) is 0 Å². The first kappa shape index (κ1) is 23.6. The summed E-state index contributed by atoms with van der Waals surface area (Å²) in [7, 11) is 0. The monoisotopic (exact) mass is 518 g/mol. The number of fused-ring (bicyclic) bond motifs is 5. The maximum absolute atomic E-state index is 13.0. The van der Waals surface area contributed by atoms with E-state index in [1.165, 1.54) is 11.1 Å². The van der Waals surface area contributed by atoms with Crippen molar-refractivity contribution in [3.05, 3.63) is 166 Å². The molecule has 8 rings (SSSR count). The number of hydrogen-bond acceptors (Lipinski definition) is 2. The molecule has 0 heterocycles. The van der Waals surface area contributed by atoms with E-state index in [2.05, 4.69) is 60.7 Å². The molecule has 2 aliphatic carbocycles. The van der Waals surface area contributed by atoms with Crippen molar-refractivity contribution in [2.45, 2.75) is 36.9 Å². The molecule has 40 heavy (non-hydrogen) atoms. The van der Waals surface area contributed by atoms with Gasteiger partial charge in [0.15, 0.2) is 0 Å². The Morgan fingerprint density at radius 1 is 0.400 bits per heavy atom. The summed E-state index contributed by atoms with van der Waals surface area (Å²) in [6.07, 6.45) is 4.27. The van der Waals surface area contributed by atoms with Gasteiger partial charge in [-0.15, -0.1) is 0 Å². The van der Waals surface area contributed by atoms with Crippen LogP contribution in [0.4, 0.5) is 0 Å². The first-order valence-corrected chi connectivity index (χ1v) is 14.3. The van der Waals surface area contributed by atoms with Crippen LogP contribution in [0.2, 0.25) is 0 Å². The van der Waals surface area contributed by atoms with Gasteiger partial charge < -0.3 is 10.2 Å². The molecular weight excluding hydrogens is 488 g/mol. The second-order valence-electron chi connectivity index (χ2n) is 11.5. The lowest BCUT2D eigenvalue weighted by Gasteiger charge is -2.46. The van der Waals surface area contributed by atoms with Crippen molar-refractivity contribution in [2.24, 2.45) is 0 Å². The molecule has 2 atom stereocenters. The lowest BCUT2D eigenvalue weighted by molar-refractivity contribution is 0.0747. The van der Waals surface area contributed by atoms with Crippen LogP contribution in [0, 0.1) is 0 Å². The molecular formula is C38H30O2. The van der Waals surface area contributed by atoms with E-state index in [-0.39, 0.29) is 0 Å². The zero-order valence-electron chi connectivity index (χ0n) is 22.3. The van der Waals surface area contributed by atoms with Crippen molar-refractivity contribution in [1.82, 2.24) is 0 Å². The van der Waals surface area contributed by atoms with E-state index in [4.69, 9.17) is 0 Å². The Bertz CT molecular complexity index is 1810. The minimum Gasteiger partial charge on any atom is -0.376 e. The van der Waals surface area contributed by atoms with Crippen molar-refractivity contribution in [3.8, 4) is 0 Å². The van der Waals surface area contributed by atoms with Gasteiger partial charge in [0, 0.05) is 0 Å². The average molecular weight is 519 g/mol. The topological polar surface area (TPSA) is 40.5 Å². The number of aliphatic hydroxyl groups is 2. The highest BCUT2D eigenvalue weighted by Gasteiger charge is 2.51. The quantitative estimate of drug-likeness (QED) is 0.246. The summed E-state index contributed by atoms with van der Waals surface area (Å²) >= 11 is 0. The summed E-state index contributed by atoms with van der Waals surface area (Å²) < 4.78 is 0. The molecule has 0 saturated heterocycles. The Morgan fingerprint density at radius 2 is 0.800 bits per heavy atom. The van der Waals surface area contributed by atoms with E-state index in [0.29, 0.717) is 0 Å². The molecule has 0 bridgehead atoms. The Balaban J connectivity index is 1.47. The number of aryl methyl sites for hydroxylation is 2. The molecule has 0 radical (unpaired) electrons. The molecule has 0 spiro atoms. The van der Waals surface area contributed by atoms with E-state index in [9.17, 15) is 10.2 Å². The first-order valence-electron chi connectivity index (χ1n) is 14.3. The summed E-state index contributed by atoms with van der Waals surface area (Å²) in [5.74, 6) is 0. The minimum atomic E-state index is -1.41. The van der Waals surface area contributed by atoms with Crippen molar-refractivity contribution in [1.29, 1.82) is 0 Å². The van der Waals surface area contributed by atoms with Crippen LogP contribution in [-0.2, 0) is 24.0 Å². The molecule has 2 unspecified atom stereocenters. The van der Waals surface area contributed by atoms with E-state index in [0.717, 1.165) is 80.6 Å². The van der Waals surface area contributed by atoms with Gasteiger partial charge in [-0.1, -0.05) is 109 Å². The fourth-order valence-electron chi connectivity index (χ4n) is 7.24. The molecule has 2 N–H and O–H groups in total. The van der Waals surface area contributed by atoms with E-state index in [1.54, 1.807) is 0 Å². The lowest BCUT2D eigenvalue weighted by Crippen LogP contribution is -2.44. The van der Waals surface area contributed by atoms with Crippen LogP contribution in [0.25, 0.3) is 21.5 Å². The summed E-state index contributed by atoms with van der Waals surface area (Å²) in [6.45, 7) is 0. The summed E-state index contributed by atoms with van der Waals surface area (Å²) in [5, 5.41) is 30.5. The Kier molecular flexibility index (Phi) is 5.10. The van der Waals surface area contributed by atoms with E-state index < -0.39 is 11.2 Å². The third kappa shape index (κ3) is 3.24. The zero-order chi connectivity index (χ0) is 26.9. The van der Waals surface area contributed by atoms with Crippen LogP contribution in [0.1, 0.15) is 57.3 Å². The van der Waals surface area contributed by atoms with Gasteiger partial charge in [0.2, 0.25) is 0 Å². The highest BCUT2D eigenvalue weighted by Crippen LogP contribution is 2.54. The fourth-order valence-corrected chi connectivity index (χ4v) is 7.24. The highest BCUT2D eigenvalue weighted by atomic mass is 16.3. The van der Waals surface area contributed by atoms with Crippen LogP contribution >= 0.6 is 0 Å². The highest BCUT2D eigenvalue weighted by molar-refractivity contribution is 5.85. The lowest BCUT2D eigenvalue weighted by atomic mass is 9.62. The molecule has 2 heteroatoms. The average Bonchev–Trinajstić information content (AvgIpc) is 3.02. The Morgan fingerprint density at radius 3 is 1.25 bits per heavy atom. The van der Waals surface area contributed by atoms with Crippen LogP contribution in [0.5, 0.6) is 0 Å². The predicted molar refractivity (Wildman–Crippen MR) is 162 cm³/mol. The van der Waals surface area contributed by atoms with Gasteiger partial charge in [-0.2, -0.15) is 0 Å². The molecule has 0 fully saturated rings. The van der Waals surface area contributed by atoms with Crippen LogP contribution < -0.4 is 0 Å². The molecule has 6 aromatic rings. The molecule has 2 aliphatic rings. The predicted octanol–water partition coefficient (Wildman–Crippen LogP) is 7.75. The molecule has 0 aliphatic heterocycles. The van der Waals surface area contributed by atoms with Gasteiger partial charge in [-0.25, -0.2) is 0 Å². The summed E-state index contributed by atoms with van der Waals surface area (Å²) in [4.78, 5) is 0. The SMILES string of the molecule is OC1(c2ccc3ccccc3c2)c2ccccc2C(O)(c2ccc3ccccc3c2)c2cc3c(cc21)CCCC3. The number of rotatable bonds is 2. The van der Waals surface area contributed by atoms with Gasteiger partial charge in [0.25, 0.3) is 0 Å². The summed E-state index contributed by atoms with van der Waals surface area (Å²) in [5.41, 5.74) is 4.38. The van der Waals surface area contributed by atoms with Crippen molar-refractivity contribution in [3.63, 3.8) is 0 Å². The van der Waals surface area contributed by atoms with Crippen LogP contribution in [0.15, 0.2) is 121 Å². The minimum absolute atomic E-state index is 0.726. The van der Waals surface area contributed by atoms with Gasteiger partial charge in [0.05, 0.1) is 0 Å². The van der Waals surface area contributed by atoms with E-state index >= 15 is 0 Å². The molecule has 194 valence electrons. The normalized spacial score (nSPS) is 21.6. The molecule has 0 aromatic heterocycles. The smallest absolute Gasteiger partial charge is 0.141 e. The maximum atomic E-state index is 13.0. The van der Waals surface area contributed by atoms with Crippen LogP contribution in [-0.4, -0.2) is 10.2 Å². The third-order valence-electron chi connectivity index (χ3n) is 9.30. The molecule has 0 amide bonds. The first-order chi connectivity index (χ1) is 19.6. The standard InChI is InChI=1S/C38H30O2/c39-37(31-19-17-25-9-1-3-11-27(25)21-31)33-15-7-8-16-34(33)38(40,32-20-18-26-10-2-4-12-28(26)22-32)36-24-30-14-6-5-13-29(30)23-35(36)37/h1-4,7-12,15-24,39-40H,5-6,13-14H2.